The van der Waals surface area contributed by atoms with Crippen molar-refractivity contribution >= 4 is 23.5 Å². The number of carbonyl (C=O) groups excluding carboxylic acids is 3. The average molecular weight is 503 g/mol. The second-order valence-electron chi connectivity index (χ2n) is 10.1. The van der Waals surface area contributed by atoms with E-state index in [9.17, 15) is 14.4 Å². The summed E-state index contributed by atoms with van der Waals surface area (Å²) in [5.41, 5.74) is 2.70. The topological polar surface area (TPSA) is 94.6 Å². The van der Waals surface area contributed by atoms with Crippen LogP contribution < -0.4 is 5.32 Å². The Morgan fingerprint density at radius 3 is 2.27 bits per heavy atom. The highest BCUT2D eigenvalue weighted by Gasteiger charge is 2.28. The van der Waals surface area contributed by atoms with E-state index >= 15 is 0 Å². The van der Waals surface area contributed by atoms with E-state index in [0.29, 0.717) is 22.5 Å². The lowest BCUT2D eigenvalue weighted by Crippen LogP contribution is -2.28. The van der Waals surface area contributed by atoms with Gasteiger partial charge in [0.2, 0.25) is 0 Å². The molecule has 0 aliphatic carbocycles. The van der Waals surface area contributed by atoms with Gasteiger partial charge in [0.1, 0.15) is 11.3 Å². The SMILES string of the molecule is COC(=O)c1cccc(CC(C(=O)c2ccccc2)c2ccc(C(C)C)cc2NC(=O)OC(C)(C)C)n1. The van der Waals surface area contributed by atoms with Crippen molar-refractivity contribution < 1.29 is 23.9 Å². The second-order valence-corrected chi connectivity index (χ2v) is 10.1. The highest BCUT2D eigenvalue weighted by molar-refractivity contribution is 6.02. The Labute approximate surface area is 218 Å². The fourth-order valence-electron chi connectivity index (χ4n) is 3.93. The third-order valence-electron chi connectivity index (χ3n) is 5.74. The predicted octanol–water partition coefficient (Wildman–Crippen LogP) is 6.55. The number of anilines is 1. The van der Waals surface area contributed by atoms with Crippen molar-refractivity contribution in [3.63, 3.8) is 0 Å². The molecular formula is C30H34N2O5. The Bertz CT molecular complexity index is 1260. The van der Waals surface area contributed by atoms with Gasteiger partial charge in [0.15, 0.2) is 5.78 Å². The molecule has 194 valence electrons. The van der Waals surface area contributed by atoms with Crippen LogP contribution in [0, 0.1) is 0 Å². The van der Waals surface area contributed by atoms with Crippen molar-refractivity contribution in [2.75, 3.05) is 12.4 Å². The van der Waals surface area contributed by atoms with Crippen LogP contribution in [0.3, 0.4) is 0 Å². The number of esters is 1. The van der Waals surface area contributed by atoms with Crippen LogP contribution in [0.4, 0.5) is 10.5 Å². The minimum absolute atomic E-state index is 0.129. The molecule has 0 saturated heterocycles. The number of hydrogen-bond acceptors (Lipinski definition) is 6. The summed E-state index contributed by atoms with van der Waals surface area (Å²) in [7, 11) is 1.29. The van der Waals surface area contributed by atoms with E-state index in [2.05, 4.69) is 24.1 Å². The zero-order valence-corrected chi connectivity index (χ0v) is 22.2. The molecule has 2 aromatic carbocycles. The van der Waals surface area contributed by atoms with E-state index in [1.807, 2.05) is 36.4 Å². The lowest BCUT2D eigenvalue weighted by atomic mass is 9.84. The molecule has 0 radical (unpaired) electrons. The van der Waals surface area contributed by atoms with Crippen LogP contribution in [0.15, 0.2) is 66.7 Å². The number of carbonyl (C=O) groups is 3. The van der Waals surface area contributed by atoms with Crippen molar-refractivity contribution in [2.24, 2.45) is 0 Å². The van der Waals surface area contributed by atoms with Crippen molar-refractivity contribution in [1.29, 1.82) is 0 Å². The minimum Gasteiger partial charge on any atom is -0.464 e. The molecule has 3 aromatic rings. The van der Waals surface area contributed by atoms with Crippen molar-refractivity contribution in [1.82, 2.24) is 4.98 Å². The zero-order chi connectivity index (χ0) is 27.2. The molecule has 1 amide bonds. The van der Waals surface area contributed by atoms with Gasteiger partial charge in [-0.2, -0.15) is 0 Å². The maximum absolute atomic E-state index is 13.8. The summed E-state index contributed by atoms with van der Waals surface area (Å²) in [6, 6.07) is 19.7. The third kappa shape index (κ3) is 7.49. The molecular weight excluding hydrogens is 468 g/mol. The van der Waals surface area contributed by atoms with Crippen molar-refractivity contribution in [3.8, 4) is 0 Å². The van der Waals surface area contributed by atoms with Crippen LogP contribution >= 0.6 is 0 Å². The van der Waals surface area contributed by atoms with E-state index in [4.69, 9.17) is 9.47 Å². The Morgan fingerprint density at radius 2 is 1.65 bits per heavy atom. The van der Waals surface area contributed by atoms with Gasteiger partial charge in [-0.15, -0.1) is 0 Å². The molecule has 0 aliphatic heterocycles. The van der Waals surface area contributed by atoms with E-state index < -0.39 is 23.6 Å². The number of aromatic nitrogens is 1. The van der Waals surface area contributed by atoms with Gasteiger partial charge >= 0.3 is 12.1 Å². The van der Waals surface area contributed by atoms with Gasteiger partial charge in [-0.3, -0.25) is 10.1 Å². The summed E-state index contributed by atoms with van der Waals surface area (Å²) < 4.78 is 10.3. The number of hydrogen-bond donors (Lipinski definition) is 1. The molecule has 0 saturated carbocycles. The Hall–Kier alpha value is -4.00. The smallest absolute Gasteiger partial charge is 0.412 e. The monoisotopic (exact) mass is 502 g/mol. The molecule has 7 nitrogen and oxygen atoms in total. The van der Waals surface area contributed by atoms with E-state index in [0.717, 1.165) is 5.56 Å². The number of nitrogens with one attached hydrogen (secondary N) is 1. The quantitative estimate of drug-likeness (QED) is 0.277. The third-order valence-corrected chi connectivity index (χ3v) is 5.74. The predicted molar refractivity (Wildman–Crippen MR) is 143 cm³/mol. The Morgan fingerprint density at radius 1 is 0.946 bits per heavy atom. The van der Waals surface area contributed by atoms with Crippen molar-refractivity contribution in [2.45, 2.75) is 58.5 Å². The van der Waals surface area contributed by atoms with E-state index in [1.165, 1.54) is 7.11 Å². The number of ketones is 1. The van der Waals surface area contributed by atoms with Gasteiger partial charge in [-0.25, -0.2) is 14.6 Å². The number of Topliss-reactive ketones (excluding diaryl/α,β-unsaturated/α-hetero) is 1. The normalized spacial score (nSPS) is 12.1. The van der Waals surface area contributed by atoms with Crippen LogP contribution in [0.5, 0.6) is 0 Å². The van der Waals surface area contributed by atoms with E-state index in [1.54, 1.807) is 51.1 Å². The first kappa shape index (κ1) is 27.6. The molecule has 1 heterocycles. The maximum Gasteiger partial charge on any atom is 0.412 e. The van der Waals surface area contributed by atoms with Gasteiger partial charge in [-0.1, -0.05) is 62.4 Å². The average Bonchev–Trinajstić information content (AvgIpc) is 2.86. The molecule has 0 bridgehead atoms. The van der Waals surface area contributed by atoms with Gasteiger partial charge in [0.25, 0.3) is 0 Å². The Balaban J connectivity index is 2.11. The van der Waals surface area contributed by atoms with Crippen LogP contribution in [-0.2, 0) is 15.9 Å². The molecule has 37 heavy (non-hydrogen) atoms. The number of methoxy groups -OCH3 is 1. The zero-order valence-electron chi connectivity index (χ0n) is 22.2. The highest BCUT2D eigenvalue weighted by Crippen LogP contribution is 2.33. The summed E-state index contributed by atoms with van der Waals surface area (Å²) in [6.45, 7) is 9.49. The molecule has 0 fully saturated rings. The lowest BCUT2D eigenvalue weighted by molar-refractivity contribution is 0.0591. The lowest BCUT2D eigenvalue weighted by Gasteiger charge is -2.24. The largest absolute Gasteiger partial charge is 0.464 e. The molecule has 1 aromatic heterocycles. The van der Waals surface area contributed by atoms with Gasteiger partial charge < -0.3 is 9.47 Å². The number of rotatable bonds is 8. The van der Waals surface area contributed by atoms with Gasteiger partial charge in [0, 0.05) is 23.4 Å². The fourth-order valence-corrected chi connectivity index (χ4v) is 3.93. The maximum atomic E-state index is 13.8. The molecule has 0 aliphatic rings. The molecule has 1 unspecified atom stereocenters. The van der Waals surface area contributed by atoms with Crippen molar-refractivity contribution in [3.05, 3.63) is 94.8 Å². The number of nitrogens with zero attached hydrogens (tertiary/aromatic N) is 1. The second kappa shape index (κ2) is 11.8. The van der Waals surface area contributed by atoms with E-state index in [-0.39, 0.29) is 23.8 Å². The summed E-state index contributed by atoms with van der Waals surface area (Å²) in [6.07, 6.45) is -0.394. The minimum atomic E-state index is -0.686. The molecule has 1 N–H and O–H groups in total. The first-order valence-electron chi connectivity index (χ1n) is 12.3. The molecule has 1 atom stereocenters. The van der Waals surface area contributed by atoms with Gasteiger partial charge in [-0.05, 0) is 56.0 Å². The molecule has 7 heteroatoms. The highest BCUT2D eigenvalue weighted by atomic mass is 16.6. The first-order valence-corrected chi connectivity index (χ1v) is 12.3. The first-order chi connectivity index (χ1) is 17.5. The summed E-state index contributed by atoms with van der Waals surface area (Å²) in [4.78, 5) is 43.1. The number of benzene rings is 2. The summed E-state index contributed by atoms with van der Waals surface area (Å²) in [5, 5.41) is 2.87. The summed E-state index contributed by atoms with van der Waals surface area (Å²) >= 11 is 0. The van der Waals surface area contributed by atoms with Gasteiger partial charge in [0.05, 0.1) is 13.0 Å². The van der Waals surface area contributed by atoms with Crippen LogP contribution in [-0.4, -0.2) is 35.5 Å². The Kier molecular flexibility index (Phi) is 8.81. The number of pyridine rings is 1. The summed E-state index contributed by atoms with van der Waals surface area (Å²) in [5.74, 6) is -1.17. The number of ether oxygens (including phenoxy) is 2. The van der Waals surface area contributed by atoms with Crippen LogP contribution in [0.2, 0.25) is 0 Å². The fraction of sp³-hybridized carbons (Fsp3) is 0.333. The van der Waals surface area contributed by atoms with Crippen LogP contribution in [0.1, 0.15) is 84.1 Å². The standard InChI is InChI=1S/C30H34N2O5/c1-19(2)21-15-16-23(26(17-21)32-29(35)37-30(3,4)5)24(27(33)20-11-8-7-9-12-20)18-22-13-10-14-25(31-22)28(34)36-6/h7-17,19,24H,18H2,1-6H3,(H,32,35). The molecule has 3 rings (SSSR count). The number of amides is 1. The molecule has 0 spiro atoms. The van der Waals surface area contributed by atoms with Crippen LogP contribution in [0.25, 0.3) is 0 Å².